The first-order chi connectivity index (χ1) is 19.5. The Morgan fingerprint density at radius 1 is 1.15 bits per heavy atom. The van der Waals surface area contributed by atoms with Crippen LogP contribution in [0, 0.1) is 0 Å². The van der Waals surface area contributed by atoms with Crippen LogP contribution in [0.3, 0.4) is 0 Å². The van der Waals surface area contributed by atoms with Crippen LogP contribution in [0.25, 0.3) is 10.2 Å². The predicted octanol–water partition coefficient (Wildman–Crippen LogP) is 2.92. The van der Waals surface area contributed by atoms with Gasteiger partial charge >= 0.3 is 6.03 Å². The van der Waals surface area contributed by atoms with Gasteiger partial charge in [0, 0.05) is 19.6 Å². The molecule has 2 atom stereocenters. The minimum Gasteiger partial charge on any atom is -0.333 e. The second-order valence-corrected chi connectivity index (χ2v) is 10.9. The van der Waals surface area contributed by atoms with Gasteiger partial charge in [-0.3, -0.25) is 9.59 Å². The molecule has 2 aromatic carbocycles. The maximum atomic E-state index is 13.9. The molecule has 1 aromatic heterocycles. The van der Waals surface area contributed by atoms with Crippen molar-refractivity contribution in [1.82, 2.24) is 30.1 Å². The highest BCUT2D eigenvalue weighted by atomic mass is 32.1. The Morgan fingerprint density at radius 2 is 1.98 bits per heavy atom. The maximum Gasteiger partial charge on any atom is 0.334 e. The molecule has 4 amide bonds. The molecule has 0 radical (unpaired) electrons. The number of rotatable bonds is 10. The zero-order valence-electron chi connectivity index (χ0n) is 22.4. The monoisotopic (exact) mass is 561 g/mol. The van der Waals surface area contributed by atoms with Crippen LogP contribution >= 0.6 is 11.3 Å². The van der Waals surface area contributed by atoms with Crippen LogP contribution < -0.4 is 11.1 Å². The smallest absolute Gasteiger partial charge is 0.333 e. The van der Waals surface area contributed by atoms with E-state index in [2.05, 4.69) is 16.9 Å². The van der Waals surface area contributed by atoms with E-state index in [1.807, 2.05) is 48.5 Å². The average Bonchev–Trinajstić information content (AvgIpc) is 3.45. The first-order valence-corrected chi connectivity index (χ1v) is 14.5. The van der Waals surface area contributed by atoms with Gasteiger partial charge in [0.2, 0.25) is 11.8 Å². The van der Waals surface area contributed by atoms with Gasteiger partial charge in [0.1, 0.15) is 12.2 Å². The van der Waals surface area contributed by atoms with E-state index < -0.39 is 12.2 Å². The van der Waals surface area contributed by atoms with Crippen molar-refractivity contribution in [2.75, 3.05) is 26.2 Å². The molecule has 2 aliphatic heterocycles. The lowest BCUT2D eigenvalue weighted by Crippen LogP contribution is -2.76. The molecule has 0 spiro atoms. The van der Waals surface area contributed by atoms with Gasteiger partial charge in [-0.2, -0.15) is 0 Å². The minimum atomic E-state index is -0.678. The normalized spacial score (nSPS) is 19.7. The molecule has 40 heavy (non-hydrogen) atoms. The highest BCUT2D eigenvalue weighted by Gasteiger charge is 2.51. The van der Waals surface area contributed by atoms with Gasteiger partial charge in [-0.1, -0.05) is 48.5 Å². The third kappa shape index (κ3) is 5.72. The molecule has 0 aliphatic carbocycles. The molecule has 210 valence electrons. The van der Waals surface area contributed by atoms with E-state index in [4.69, 9.17) is 5.73 Å². The van der Waals surface area contributed by atoms with Gasteiger partial charge in [-0.05, 0) is 43.0 Å². The summed E-state index contributed by atoms with van der Waals surface area (Å²) in [5, 5.41) is 6.33. The molecule has 5 rings (SSSR count). The standard InChI is InChI=1S/C29H35N7O3S/c1-2-15-34-19-26(37)35-23(12-6-7-14-30)28(38)33(17-22-11-8-13-24-27(22)32-20-40-24)18-25(35)36(34)29(39)31-16-21-9-4-3-5-10-21/h2-5,8-11,13,20,23,25H,1,6-7,12,14-19,30H2,(H,31,39)/t23-,25-/m0/s1. The van der Waals surface area contributed by atoms with Crippen LogP contribution in [-0.2, 0) is 22.7 Å². The lowest BCUT2D eigenvalue weighted by Gasteiger charge is -2.55. The number of amides is 4. The Balaban J connectivity index is 1.47. The molecule has 10 nitrogen and oxygen atoms in total. The second-order valence-electron chi connectivity index (χ2n) is 10.0. The van der Waals surface area contributed by atoms with Crippen molar-refractivity contribution in [3.8, 4) is 0 Å². The summed E-state index contributed by atoms with van der Waals surface area (Å²) in [6, 6.07) is 14.6. The molecule has 0 saturated carbocycles. The van der Waals surface area contributed by atoms with Crippen LogP contribution in [0.1, 0.15) is 30.4 Å². The van der Waals surface area contributed by atoms with Crippen molar-refractivity contribution in [2.24, 2.45) is 5.73 Å². The lowest BCUT2D eigenvalue weighted by molar-refractivity contribution is -0.190. The summed E-state index contributed by atoms with van der Waals surface area (Å²) in [4.78, 5) is 49.1. The molecule has 11 heteroatoms. The number of hydrazine groups is 1. The number of nitrogens with zero attached hydrogens (tertiary/aromatic N) is 5. The minimum absolute atomic E-state index is 0.0138. The fourth-order valence-corrected chi connectivity index (χ4v) is 6.26. The number of nitrogens with one attached hydrogen (secondary N) is 1. The van der Waals surface area contributed by atoms with E-state index in [9.17, 15) is 14.4 Å². The summed E-state index contributed by atoms with van der Waals surface area (Å²) < 4.78 is 1.05. The average molecular weight is 562 g/mol. The van der Waals surface area contributed by atoms with Gasteiger partial charge in [0.05, 0.1) is 28.8 Å². The SMILES string of the molecule is C=CCN1CC(=O)N2[C@@H](CCCCN)C(=O)N(Cc3cccc4scnc34)C[C@@H]2N1C(=O)NCc1ccccc1. The third-order valence-electron chi connectivity index (χ3n) is 7.40. The zero-order chi connectivity index (χ0) is 28.1. The number of nitrogens with two attached hydrogens (primary N) is 1. The van der Waals surface area contributed by atoms with Gasteiger partial charge in [0.15, 0.2) is 0 Å². The van der Waals surface area contributed by atoms with Crippen molar-refractivity contribution in [2.45, 2.75) is 44.6 Å². The molecule has 3 N–H and O–H groups in total. The number of thiazole rings is 1. The summed E-state index contributed by atoms with van der Waals surface area (Å²) >= 11 is 1.55. The second kappa shape index (κ2) is 12.6. The quantitative estimate of drug-likeness (QED) is 0.291. The van der Waals surface area contributed by atoms with Crippen LogP contribution in [0.2, 0.25) is 0 Å². The summed E-state index contributed by atoms with van der Waals surface area (Å²) in [6.45, 7) is 5.51. The van der Waals surface area contributed by atoms with E-state index in [1.54, 1.807) is 42.7 Å². The number of urea groups is 1. The number of aromatic nitrogens is 1. The Bertz CT molecular complexity index is 1360. The molecule has 0 unspecified atom stereocenters. The van der Waals surface area contributed by atoms with Crippen molar-refractivity contribution in [3.05, 3.63) is 77.8 Å². The number of hydrogen-bond donors (Lipinski definition) is 2. The van der Waals surface area contributed by atoms with Crippen LogP contribution in [0.4, 0.5) is 4.79 Å². The number of unbranched alkanes of at least 4 members (excludes halogenated alkanes) is 1. The molecular weight excluding hydrogens is 526 g/mol. The van der Waals surface area contributed by atoms with Gasteiger partial charge in [0.25, 0.3) is 0 Å². The summed E-state index contributed by atoms with van der Waals surface area (Å²) in [7, 11) is 0. The van der Waals surface area contributed by atoms with Crippen LogP contribution in [0.15, 0.2) is 66.7 Å². The Labute approximate surface area is 238 Å². The summed E-state index contributed by atoms with van der Waals surface area (Å²) in [5.74, 6) is -0.290. The number of para-hydroxylation sites is 1. The molecule has 2 fully saturated rings. The Kier molecular flexibility index (Phi) is 8.73. The zero-order valence-corrected chi connectivity index (χ0v) is 23.3. The topological polar surface area (TPSA) is 115 Å². The number of carbonyl (C=O) groups excluding carboxylic acids is 3. The fraction of sp³-hybridized carbons (Fsp3) is 0.379. The molecule has 0 bridgehead atoms. The molecule has 3 heterocycles. The third-order valence-corrected chi connectivity index (χ3v) is 8.20. The largest absolute Gasteiger partial charge is 0.334 e. The van der Waals surface area contributed by atoms with Gasteiger partial charge in [-0.25, -0.2) is 19.8 Å². The lowest BCUT2D eigenvalue weighted by atomic mass is 10.00. The van der Waals surface area contributed by atoms with Gasteiger partial charge < -0.3 is 20.9 Å². The van der Waals surface area contributed by atoms with E-state index in [0.717, 1.165) is 27.8 Å². The van der Waals surface area contributed by atoms with E-state index >= 15 is 0 Å². The molecule has 2 saturated heterocycles. The number of fused-ring (bicyclic) bond motifs is 2. The van der Waals surface area contributed by atoms with E-state index in [1.165, 1.54) is 0 Å². The Hall–Kier alpha value is -3.80. The van der Waals surface area contributed by atoms with Crippen LogP contribution in [0.5, 0.6) is 0 Å². The summed E-state index contributed by atoms with van der Waals surface area (Å²) in [5.41, 5.74) is 10.3. The van der Waals surface area contributed by atoms with E-state index in [0.29, 0.717) is 39.0 Å². The number of carbonyl (C=O) groups is 3. The maximum absolute atomic E-state index is 13.9. The number of hydrogen-bond acceptors (Lipinski definition) is 7. The van der Waals surface area contributed by atoms with Crippen LogP contribution in [-0.4, -0.2) is 81.0 Å². The number of piperazine rings is 1. The van der Waals surface area contributed by atoms with Crippen molar-refractivity contribution in [1.29, 1.82) is 0 Å². The molecule has 2 aliphatic rings. The highest BCUT2D eigenvalue weighted by Crippen LogP contribution is 2.31. The first kappa shape index (κ1) is 27.8. The molecule has 3 aromatic rings. The predicted molar refractivity (Wildman–Crippen MR) is 155 cm³/mol. The Morgan fingerprint density at radius 3 is 2.75 bits per heavy atom. The summed E-state index contributed by atoms with van der Waals surface area (Å²) in [6.07, 6.45) is 2.95. The van der Waals surface area contributed by atoms with Crippen molar-refractivity contribution >= 4 is 39.4 Å². The number of benzene rings is 2. The van der Waals surface area contributed by atoms with Gasteiger partial charge in [-0.15, -0.1) is 17.9 Å². The first-order valence-electron chi connectivity index (χ1n) is 13.6. The van der Waals surface area contributed by atoms with E-state index in [-0.39, 0.29) is 30.9 Å². The van der Waals surface area contributed by atoms with Crippen molar-refractivity contribution in [3.63, 3.8) is 0 Å². The highest BCUT2D eigenvalue weighted by molar-refractivity contribution is 7.16. The molecular formula is C29H35N7O3S. The van der Waals surface area contributed by atoms with Crippen molar-refractivity contribution < 1.29 is 14.4 Å². The fourth-order valence-electron chi connectivity index (χ4n) is 5.54.